The van der Waals surface area contributed by atoms with Crippen molar-refractivity contribution < 1.29 is 27.0 Å². The lowest BCUT2D eigenvalue weighted by atomic mass is 10.2. The Kier molecular flexibility index (Phi) is 8.20. The predicted octanol–water partition coefficient (Wildman–Crippen LogP) is 0.731. The second kappa shape index (κ2) is 8.50. The van der Waals surface area contributed by atoms with Gasteiger partial charge in [0.05, 0.1) is 29.8 Å². The van der Waals surface area contributed by atoms with Crippen molar-refractivity contribution in [2.24, 2.45) is 0 Å². The van der Waals surface area contributed by atoms with Crippen LogP contribution in [0.15, 0.2) is 0 Å². The highest BCUT2D eigenvalue weighted by Gasteiger charge is 2.22. The molecule has 0 spiro atoms. The number of esters is 1. The summed E-state index contributed by atoms with van der Waals surface area (Å²) in [6, 6.07) is 0. The summed E-state index contributed by atoms with van der Waals surface area (Å²) in [4.78, 5) is 10.7. The van der Waals surface area contributed by atoms with Crippen LogP contribution in [0.5, 0.6) is 0 Å². The van der Waals surface area contributed by atoms with E-state index in [0.29, 0.717) is 19.4 Å². The van der Waals surface area contributed by atoms with Crippen LogP contribution in [0.1, 0.15) is 33.6 Å². The van der Waals surface area contributed by atoms with E-state index in [4.69, 9.17) is 4.74 Å². The van der Waals surface area contributed by atoms with Gasteiger partial charge in [0.15, 0.2) is 0 Å². The number of unbranched alkanes of at least 4 members (excludes halogenated alkanes) is 1. The smallest absolute Gasteiger partial charge is 0.302 e. The fourth-order valence-corrected chi connectivity index (χ4v) is 2.63. The summed E-state index contributed by atoms with van der Waals surface area (Å²) in [5, 5.41) is 0. The Morgan fingerprint density at radius 1 is 1.16 bits per heavy atom. The Balaban J connectivity index is 4.18. The van der Waals surface area contributed by atoms with Gasteiger partial charge in [-0.3, -0.25) is 4.79 Å². The fourth-order valence-electron chi connectivity index (χ4n) is 2.08. The molecule has 0 radical (unpaired) electrons. The number of nitrogens with zero attached hydrogens (tertiary/aromatic N) is 1. The third kappa shape index (κ3) is 8.96. The van der Waals surface area contributed by atoms with E-state index in [1.807, 2.05) is 0 Å². The lowest BCUT2D eigenvalue weighted by molar-refractivity contribution is -0.925. The molecule has 0 saturated heterocycles. The molecule has 0 bridgehead atoms. The number of hydrogen-bond acceptors (Lipinski definition) is 5. The minimum absolute atomic E-state index is 0.289. The number of rotatable bonds is 10. The van der Waals surface area contributed by atoms with Crippen molar-refractivity contribution in [3.63, 3.8) is 0 Å². The van der Waals surface area contributed by atoms with Crippen LogP contribution < -0.4 is 0 Å². The molecular formula is C12H25NO5S. The van der Waals surface area contributed by atoms with E-state index in [1.54, 1.807) is 0 Å². The van der Waals surface area contributed by atoms with Crippen LogP contribution in [-0.4, -0.2) is 62.0 Å². The molecule has 0 aliphatic heterocycles. The van der Waals surface area contributed by atoms with Gasteiger partial charge in [-0.1, -0.05) is 0 Å². The van der Waals surface area contributed by atoms with Crippen molar-refractivity contribution in [2.45, 2.75) is 33.6 Å². The highest BCUT2D eigenvalue weighted by atomic mass is 32.2. The Labute approximate surface area is 116 Å². The molecule has 0 aromatic heterocycles. The maximum atomic E-state index is 10.7. The predicted molar refractivity (Wildman–Crippen MR) is 71.5 cm³/mol. The maximum absolute atomic E-state index is 10.7. The van der Waals surface area contributed by atoms with Gasteiger partial charge >= 0.3 is 5.97 Å². The molecular weight excluding hydrogens is 270 g/mol. The van der Waals surface area contributed by atoms with Crippen molar-refractivity contribution >= 4 is 16.1 Å². The van der Waals surface area contributed by atoms with Crippen molar-refractivity contribution in [1.82, 2.24) is 0 Å². The normalized spacial score (nSPS) is 12.4. The molecule has 0 atom stereocenters. The molecule has 6 nitrogen and oxygen atoms in total. The molecule has 0 aliphatic rings. The Morgan fingerprint density at radius 2 is 1.74 bits per heavy atom. The molecule has 0 saturated carbocycles. The summed E-state index contributed by atoms with van der Waals surface area (Å²) in [5.41, 5.74) is 0. The van der Waals surface area contributed by atoms with Gasteiger partial charge in [-0.15, -0.1) is 0 Å². The SMILES string of the molecule is CC[N+](CC)(CCCCS(=O)(=O)[O-])CCOC(C)=O. The third-order valence-electron chi connectivity index (χ3n) is 3.49. The average Bonchev–Trinajstić information content (AvgIpc) is 2.31. The number of carbonyl (C=O) groups is 1. The first-order valence-electron chi connectivity index (χ1n) is 6.66. The molecule has 0 heterocycles. The van der Waals surface area contributed by atoms with E-state index < -0.39 is 10.1 Å². The first kappa shape index (κ1) is 18.3. The monoisotopic (exact) mass is 295 g/mol. The van der Waals surface area contributed by atoms with Crippen LogP contribution in [-0.2, 0) is 19.6 Å². The molecule has 0 N–H and O–H groups in total. The van der Waals surface area contributed by atoms with Gasteiger partial charge in [0.25, 0.3) is 0 Å². The molecule has 0 aliphatic carbocycles. The second-order valence-electron chi connectivity index (χ2n) is 4.73. The Hall–Kier alpha value is -0.660. The summed E-state index contributed by atoms with van der Waals surface area (Å²) in [6.45, 7) is 9.16. The molecule has 0 rings (SSSR count). The minimum Gasteiger partial charge on any atom is -0.748 e. The summed E-state index contributed by atoms with van der Waals surface area (Å²) in [7, 11) is -4.11. The van der Waals surface area contributed by atoms with Gasteiger partial charge in [0, 0.05) is 12.7 Å². The fraction of sp³-hybridized carbons (Fsp3) is 0.917. The van der Waals surface area contributed by atoms with Gasteiger partial charge in [0.2, 0.25) is 0 Å². The molecule has 0 aromatic carbocycles. The largest absolute Gasteiger partial charge is 0.748 e. The first-order valence-corrected chi connectivity index (χ1v) is 8.24. The molecule has 0 fully saturated rings. The van der Waals surface area contributed by atoms with Crippen molar-refractivity contribution in [2.75, 3.05) is 38.5 Å². The molecule has 7 heteroatoms. The Morgan fingerprint density at radius 3 is 2.16 bits per heavy atom. The van der Waals surface area contributed by atoms with Crippen molar-refractivity contribution in [1.29, 1.82) is 0 Å². The summed E-state index contributed by atoms with van der Waals surface area (Å²) >= 11 is 0. The molecule has 0 aromatic rings. The van der Waals surface area contributed by atoms with Crippen LogP contribution in [0.25, 0.3) is 0 Å². The average molecular weight is 295 g/mol. The molecule has 19 heavy (non-hydrogen) atoms. The van der Waals surface area contributed by atoms with Crippen LogP contribution in [0.4, 0.5) is 0 Å². The van der Waals surface area contributed by atoms with Gasteiger partial charge in [-0.05, 0) is 26.7 Å². The highest BCUT2D eigenvalue weighted by molar-refractivity contribution is 7.85. The van der Waals surface area contributed by atoms with E-state index in [-0.39, 0.29) is 11.7 Å². The lowest BCUT2D eigenvalue weighted by Crippen LogP contribution is -2.50. The minimum atomic E-state index is -4.11. The van der Waals surface area contributed by atoms with Crippen molar-refractivity contribution in [3.8, 4) is 0 Å². The van der Waals surface area contributed by atoms with Gasteiger partial charge < -0.3 is 13.8 Å². The number of quaternary nitrogens is 1. The Bertz CT molecular complexity index is 362. The van der Waals surface area contributed by atoms with E-state index in [0.717, 1.165) is 30.7 Å². The second-order valence-corrected chi connectivity index (χ2v) is 6.25. The number of carbonyl (C=O) groups excluding carboxylic acids is 1. The molecule has 0 amide bonds. The zero-order chi connectivity index (χ0) is 14.9. The van der Waals surface area contributed by atoms with Crippen molar-refractivity contribution in [3.05, 3.63) is 0 Å². The standard InChI is InChI=1S/C12H25NO5S/c1-4-13(5-2,9-10-18-12(3)14)8-6-7-11-19(15,16)17/h4-11H2,1-3H3. The number of ether oxygens (including phenoxy) is 1. The maximum Gasteiger partial charge on any atom is 0.302 e. The summed E-state index contributed by atoms with van der Waals surface area (Å²) in [5.74, 6) is -0.590. The molecule has 114 valence electrons. The number of likely N-dealkylation sites (N-methyl/N-ethyl adjacent to an activating group) is 1. The third-order valence-corrected chi connectivity index (χ3v) is 4.28. The molecule has 0 unspecified atom stereocenters. The van der Waals surface area contributed by atoms with E-state index in [9.17, 15) is 17.8 Å². The van der Waals surface area contributed by atoms with Crippen LogP contribution in [0, 0.1) is 0 Å². The number of hydrogen-bond donors (Lipinski definition) is 0. The van der Waals surface area contributed by atoms with Gasteiger partial charge in [-0.2, -0.15) is 0 Å². The van der Waals surface area contributed by atoms with E-state index in [2.05, 4.69) is 13.8 Å². The first-order chi connectivity index (χ1) is 8.74. The topological polar surface area (TPSA) is 83.5 Å². The lowest BCUT2D eigenvalue weighted by Gasteiger charge is -2.36. The van der Waals surface area contributed by atoms with Gasteiger partial charge in [0.1, 0.15) is 13.2 Å². The summed E-state index contributed by atoms with van der Waals surface area (Å²) in [6.07, 6.45) is 1.07. The quantitative estimate of drug-likeness (QED) is 0.257. The van der Waals surface area contributed by atoms with Crippen LogP contribution in [0.3, 0.4) is 0 Å². The highest BCUT2D eigenvalue weighted by Crippen LogP contribution is 2.10. The van der Waals surface area contributed by atoms with E-state index >= 15 is 0 Å². The van der Waals surface area contributed by atoms with Crippen LogP contribution >= 0.6 is 0 Å². The zero-order valence-electron chi connectivity index (χ0n) is 12.1. The van der Waals surface area contributed by atoms with E-state index in [1.165, 1.54) is 6.92 Å². The van der Waals surface area contributed by atoms with Gasteiger partial charge in [-0.25, -0.2) is 8.42 Å². The zero-order valence-corrected chi connectivity index (χ0v) is 12.9. The summed E-state index contributed by atoms with van der Waals surface area (Å²) < 4.78 is 37.3. The van der Waals surface area contributed by atoms with Crippen LogP contribution in [0.2, 0.25) is 0 Å².